The molecule has 12 heteroatoms. The van der Waals surface area contributed by atoms with Crippen LogP contribution in [0.5, 0.6) is 0 Å². The van der Waals surface area contributed by atoms with Gasteiger partial charge in [-0.1, -0.05) is 0 Å². The number of imidazole rings is 2. The summed E-state index contributed by atoms with van der Waals surface area (Å²) < 4.78 is 2.13. The largest absolute Gasteiger partial charge is 0.356 e. The van der Waals surface area contributed by atoms with Crippen molar-refractivity contribution < 1.29 is 19.3 Å². The number of carbonyl (C=O) groups excluding carboxylic acids is 2. The highest BCUT2D eigenvalue weighted by atomic mass is 16.7. The molecule has 26 heavy (non-hydrogen) atoms. The van der Waals surface area contributed by atoms with E-state index in [0.29, 0.717) is 22.3 Å². The van der Waals surface area contributed by atoms with Gasteiger partial charge in [-0.25, -0.2) is 39.5 Å². The smallest absolute Gasteiger partial charge is 0.329 e. The van der Waals surface area contributed by atoms with Gasteiger partial charge in [-0.05, 0) is 0 Å². The molecule has 0 aliphatic carbocycles. The zero-order valence-electron chi connectivity index (χ0n) is 12.8. The van der Waals surface area contributed by atoms with E-state index in [9.17, 15) is 9.59 Å². The van der Waals surface area contributed by atoms with Crippen molar-refractivity contribution in [3.05, 3.63) is 49.9 Å². The molecule has 4 rings (SSSR count). The van der Waals surface area contributed by atoms with Gasteiger partial charge in [0.2, 0.25) is 0 Å². The molecule has 12 nitrogen and oxygen atoms in total. The molecule has 0 atom stereocenters. The SMILES string of the molecule is O=C(/C=C/C(=O)On1cnc2cncnc21)On1cnc2cncnc21. The molecular weight excluding hydrogens is 344 g/mol. The first-order valence-corrected chi connectivity index (χ1v) is 7.09. The van der Waals surface area contributed by atoms with Crippen LogP contribution < -0.4 is 9.68 Å². The second-order valence-electron chi connectivity index (χ2n) is 4.76. The molecule has 0 N–H and O–H groups in total. The van der Waals surface area contributed by atoms with Crippen LogP contribution in [0.4, 0.5) is 0 Å². The van der Waals surface area contributed by atoms with Gasteiger partial charge in [0.05, 0.1) is 12.4 Å². The van der Waals surface area contributed by atoms with Gasteiger partial charge in [0.15, 0.2) is 11.3 Å². The van der Waals surface area contributed by atoms with E-state index in [0.717, 1.165) is 21.6 Å². The lowest BCUT2D eigenvalue weighted by Gasteiger charge is -2.02. The molecule has 0 aromatic carbocycles. The fourth-order valence-electron chi connectivity index (χ4n) is 2.02. The fourth-order valence-corrected chi connectivity index (χ4v) is 2.02. The van der Waals surface area contributed by atoms with E-state index in [2.05, 4.69) is 29.9 Å². The van der Waals surface area contributed by atoms with E-state index in [1.54, 1.807) is 0 Å². The van der Waals surface area contributed by atoms with Gasteiger partial charge < -0.3 is 9.68 Å². The molecule has 0 unspecified atom stereocenters. The van der Waals surface area contributed by atoms with Gasteiger partial charge in [0.1, 0.15) is 36.3 Å². The summed E-state index contributed by atoms with van der Waals surface area (Å²) in [5.74, 6) is -1.64. The third-order valence-electron chi connectivity index (χ3n) is 3.10. The lowest BCUT2D eigenvalue weighted by atomic mass is 10.5. The van der Waals surface area contributed by atoms with E-state index in [-0.39, 0.29) is 0 Å². The Bertz CT molecular complexity index is 1060. The monoisotopic (exact) mass is 352 g/mol. The van der Waals surface area contributed by atoms with E-state index in [4.69, 9.17) is 9.68 Å². The molecule has 0 aliphatic heterocycles. The topological polar surface area (TPSA) is 140 Å². The molecule has 128 valence electrons. The maximum atomic E-state index is 11.8. The van der Waals surface area contributed by atoms with Crippen LogP contribution >= 0.6 is 0 Å². The maximum Gasteiger partial charge on any atom is 0.356 e. The number of nitrogens with zero attached hydrogens (tertiary/aromatic N) is 8. The zero-order chi connectivity index (χ0) is 17.9. The maximum absolute atomic E-state index is 11.8. The van der Waals surface area contributed by atoms with Gasteiger partial charge in [-0.2, -0.15) is 0 Å². The average Bonchev–Trinajstić information content (AvgIpc) is 3.25. The third-order valence-corrected chi connectivity index (χ3v) is 3.10. The predicted molar refractivity (Wildman–Crippen MR) is 83.0 cm³/mol. The summed E-state index contributed by atoms with van der Waals surface area (Å²) >= 11 is 0. The Morgan fingerprint density at radius 1 is 0.769 bits per heavy atom. The van der Waals surface area contributed by atoms with Crippen LogP contribution in [-0.2, 0) is 9.59 Å². The highest BCUT2D eigenvalue weighted by Gasteiger charge is 2.10. The normalized spacial score (nSPS) is 11.2. The average molecular weight is 352 g/mol. The lowest BCUT2D eigenvalue weighted by Crippen LogP contribution is -2.20. The van der Waals surface area contributed by atoms with Crippen molar-refractivity contribution in [2.24, 2.45) is 0 Å². The quantitative estimate of drug-likeness (QED) is 0.426. The van der Waals surface area contributed by atoms with Gasteiger partial charge >= 0.3 is 11.9 Å². The summed E-state index contributed by atoms with van der Waals surface area (Å²) in [6, 6.07) is 0. The fraction of sp³-hybridized carbons (Fsp3) is 0. The molecule has 0 aliphatic rings. The Hall–Kier alpha value is -4.22. The first-order valence-electron chi connectivity index (χ1n) is 7.09. The molecule has 0 spiro atoms. The number of aromatic nitrogens is 8. The minimum absolute atomic E-state index is 0.314. The summed E-state index contributed by atoms with van der Waals surface area (Å²) in [5.41, 5.74) is 1.54. The third kappa shape index (κ3) is 2.93. The van der Waals surface area contributed by atoms with Crippen LogP contribution in [0.3, 0.4) is 0 Å². The Morgan fingerprint density at radius 3 is 1.69 bits per heavy atom. The molecule has 0 amide bonds. The molecule has 4 heterocycles. The van der Waals surface area contributed by atoms with E-state index in [1.165, 1.54) is 37.7 Å². The van der Waals surface area contributed by atoms with Crippen molar-refractivity contribution in [3.8, 4) is 0 Å². The summed E-state index contributed by atoms with van der Waals surface area (Å²) in [6.07, 6.45) is 9.87. The van der Waals surface area contributed by atoms with Crippen LogP contribution in [0.15, 0.2) is 49.9 Å². The molecule has 0 radical (unpaired) electrons. The molecule has 0 saturated heterocycles. The number of fused-ring (bicyclic) bond motifs is 2. The van der Waals surface area contributed by atoms with Gasteiger partial charge in [0, 0.05) is 12.2 Å². The first-order chi connectivity index (χ1) is 12.7. The minimum atomic E-state index is -0.822. The summed E-state index contributed by atoms with van der Waals surface area (Å²) in [7, 11) is 0. The van der Waals surface area contributed by atoms with Gasteiger partial charge in [-0.15, -0.1) is 9.46 Å². The van der Waals surface area contributed by atoms with E-state index in [1.807, 2.05) is 0 Å². The highest BCUT2D eigenvalue weighted by molar-refractivity contribution is 5.92. The Balaban J connectivity index is 1.42. The molecule has 0 bridgehead atoms. The summed E-state index contributed by atoms with van der Waals surface area (Å²) in [5, 5.41) is 0. The van der Waals surface area contributed by atoms with Crippen molar-refractivity contribution in [3.63, 3.8) is 0 Å². The van der Waals surface area contributed by atoms with Crippen LogP contribution in [0, 0.1) is 0 Å². The predicted octanol–water partition coefficient (Wildman–Crippen LogP) is -0.867. The van der Waals surface area contributed by atoms with Crippen LogP contribution in [-0.4, -0.2) is 51.3 Å². The number of hydrogen-bond acceptors (Lipinski definition) is 10. The second kappa shape index (κ2) is 6.35. The van der Waals surface area contributed by atoms with Crippen LogP contribution in [0.25, 0.3) is 22.3 Å². The Morgan fingerprint density at radius 2 is 1.23 bits per heavy atom. The molecular formula is C14H8N8O4. The van der Waals surface area contributed by atoms with Gasteiger partial charge in [0.25, 0.3) is 0 Å². The number of rotatable bonds is 4. The second-order valence-corrected chi connectivity index (χ2v) is 4.76. The Labute approximate surface area is 143 Å². The number of carbonyl (C=O) groups is 2. The Kier molecular flexibility index (Phi) is 3.74. The zero-order valence-corrected chi connectivity index (χ0v) is 12.8. The van der Waals surface area contributed by atoms with E-state index >= 15 is 0 Å². The van der Waals surface area contributed by atoms with Crippen molar-refractivity contribution in [2.75, 3.05) is 0 Å². The van der Waals surface area contributed by atoms with Crippen molar-refractivity contribution >= 4 is 34.3 Å². The van der Waals surface area contributed by atoms with Gasteiger partial charge in [-0.3, -0.25) is 0 Å². The lowest BCUT2D eigenvalue weighted by molar-refractivity contribution is -0.140. The molecule has 0 fully saturated rings. The number of hydrogen-bond donors (Lipinski definition) is 0. The first kappa shape index (κ1) is 15.3. The van der Waals surface area contributed by atoms with Crippen LogP contribution in [0.1, 0.15) is 0 Å². The molecule has 4 aromatic heterocycles. The van der Waals surface area contributed by atoms with Crippen molar-refractivity contribution in [2.45, 2.75) is 0 Å². The van der Waals surface area contributed by atoms with Crippen molar-refractivity contribution in [1.82, 2.24) is 39.4 Å². The highest BCUT2D eigenvalue weighted by Crippen LogP contribution is 2.06. The summed E-state index contributed by atoms with van der Waals surface area (Å²) in [4.78, 5) is 57.1. The summed E-state index contributed by atoms with van der Waals surface area (Å²) in [6.45, 7) is 0. The molecule has 4 aromatic rings. The van der Waals surface area contributed by atoms with E-state index < -0.39 is 11.9 Å². The van der Waals surface area contributed by atoms with Crippen molar-refractivity contribution in [1.29, 1.82) is 0 Å². The minimum Gasteiger partial charge on any atom is -0.329 e. The van der Waals surface area contributed by atoms with Crippen LogP contribution in [0.2, 0.25) is 0 Å². The molecule has 0 saturated carbocycles. The standard InChI is InChI=1S/C14H8N8O4/c23-11(25-21-7-19-9-3-15-5-17-13(9)21)1-2-12(24)26-22-8-20-10-4-16-6-18-14(10)22/h1-8H/b2-1+.